The number of benzene rings is 2. The number of amides is 1. The summed E-state index contributed by atoms with van der Waals surface area (Å²) in [6.45, 7) is 4.50. The maximum atomic E-state index is 12.2. The van der Waals surface area contributed by atoms with Crippen molar-refractivity contribution in [3.63, 3.8) is 0 Å². The lowest BCUT2D eigenvalue weighted by atomic mass is 9.90. The molecule has 4 heteroatoms. The van der Waals surface area contributed by atoms with E-state index >= 15 is 0 Å². The average Bonchev–Trinajstić information content (AvgIpc) is 2.66. The first-order valence-corrected chi connectivity index (χ1v) is 9.34. The highest BCUT2D eigenvalue weighted by Crippen LogP contribution is 2.23. The first kappa shape index (κ1) is 18.5. The molecule has 0 bridgehead atoms. The van der Waals surface area contributed by atoms with E-state index in [9.17, 15) is 4.79 Å². The largest absolute Gasteiger partial charge is 0.497 e. The Labute approximate surface area is 156 Å². The number of nitrogens with one attached hydrogen (secondary N) is 1. The summed E-state index contributed by atoms with van der Waals surface area (Å²) >= 11 is 0. The van der Waals surface area contributed by atoms with Crippen molar-refractivity contribution >= 4 is 11.6 Å². The Hall–Kier alpha value is -2.33. The normalized spacial score (nSPS) is 15.6. The summed E-state index contributed by atoms with van der Waals surface area (Å²) in [7, 11) is 1.69. The van der Waals surface area contributed by atoms with Crippen LogP contribution in [0.2, 0.25) is 0 Å². The highest BCUT2D eigenvalue weighted by Gasteiger charge is 2.21. The van der Waals surface area contributed by atoms with Gasteiger partial charge >= 0.3 is 0 Å². The van der Waals surface area contributed by atoms with Crippen LogP contribution in [0.4, 0.5) is 5.69 Å². The summed E-state index contributed by atoms with van der Waals surface area (Å²) in [5.41, 5.74) is 3.43. The van der Waals surface area contributed by atoms with Gasteiger partial charge in [0.25, 0.3) is 0 Å². The zero-order valence-corrected chi connectivity index (χ0v) is 15.7. The van der Waals surface area contributed by atoms with Crippen LogP contribution in [0.1, 0.15) is 24.0 Å². The molecule has 1 heterocycles. The topological polar surface area (TPSA) is 41.6 Å². The molecular weight excluding hydrogens is 324 g/mol. The molecule has 2 aromatic carbocycles. The van der Waals surface area contributed by atoms with Gasteiger partial charge in [-0.15, -0.1) is 0 Å². The fraction of sp³-hybridized carbons (Fsp3) is 0.409. The van der Waals surface area contributed by atoms with Crippen molar-refractivity contribution in [1.82, 2.24) is 4.90 Å². The molecule has 0 aromatic heterocycles. The molecule has 1 saturated heterocycles. The van der Waals surface area contributed by atoms with Gasteiger partial charge in [0.2, 0.25) is 5.91 Å². The van der Waals surface area contributed by atoms with Crippen molar-refractivity contribution in [3.05, 3.63) is 59.7 Å². The monoisotopic (exact) mass is 352 g/mol. The van der Waals surface area contributed by atoms with Gasteiger partial charge in [-0.2, -0.15) is 0 Å². The molecule has 0 radical (unpaired) electrons. The van der Waals surface area contributed by atoms with E-state index in [0.29, 0.717) is 12.5 Å². The molecule has 0 aliphatic carbocycles. The standard InChI is InChI=1S/C22H28N2O2/c1-17-3-7-20(8-4-17)23-22(25)16-24-13-11-19(12-14-24)15-18-5-9-21(26-2)10-6-18/h3-10,19H,11-16H2,1-2H3,(H,23,25). The molecule has 26 heavy (non-hydrogen) atoms. The Morgan fingerprint density at radius 1 is 1.08 bits per heavy atom. The van der Waals surface area contributed by atoms with Crippen LogP contribution in [0.15, 0.2) is 48.5 Å². The minimum atomic E-state index is 0.0717. The maximum absolute atomic E-state index is 12.2. The summed E-state index contributed by atoms with van der Waals surface area (Å²) < 4.78 is 5.21. The van der Waals surface area contributed by atoms with Gasteiger partial charge in [-0.05, 0) is 75.0 Å². The SMILES string of the molecule is COc1ccc(CC2CCN(CC(=O)Nc3ccc(C)cc3)CC2)cc1. The van der Waals surface area contributed by atoms with Gasteiger partial charge in [-0.1, -0.05) is 29.8 Å². The second-order valence-electron chi connectivity index (χ2n) is 7.19. The molecular formula is C22H28N2O2. The predicted molar refractivity (Wildman–Crippen MR) is 106 cm³/mol. The Kier molecular flexibility index (Phi) is 6.29. The zero-order chi connectivity index (χ0) is 18.4. The number of anilines is 1. The summed E-state index contributed by atoms with van der Waals surface area (Å²) in [5, 5.41) is 2.99. The van der Waals surface area contributed by atoms with Gasteiger partial charge in [0.15, 0.2) is 0 Å². The van der Waals surface area contributed by atoms with Crippen LogP contribution in [-0.4, -0.2) is 37.6 Å². The third-order valence-corrected chi connectivity index (χ3v) is 5.09. The lowest BCUT2D eigenvalue weighted by Crippen LogP contribution is -2.39. The van der Waals surface area contributed by atoms with Gasteiger partial charge < -0.3 is 10.1 Å². The Morgan fingerprint density at radius 2 is 1.73 bits per heavy atom. The highest BCUT2D eigenvalue weighted by atomic mass is 16.5. The summed E-state index contributed by atoms with van der Waals surface area (Å²) in [6.07, 6.45) is 3.39. The summed E-state index contributed by atoms with van der Waals surface area (Å²) in [6, 6.07) is 16.3. The van der Waals surface area contributed by atoms with Gasteiger partial charge in [0.05, 0.1) is 13.7 Å². The minimum absolute atomic E-state index is 0.0717. The molecule has 0 atom stereocenters. The van der Waals surface area contributed by atoms with Crippen LogP contribution >= 0.6 is 0 Å². The van der Waals surface area contributed by atoms with E-state index in [4.69, 9.17) is 4.74 Å². The lowest BCUT2D eigenvalue weighted by Gasteiger charge is -2.31. The molecule has 2 aromatic rings. The second-order valence-corrected chi connectivity index (χ2v) is 7.19. The predicted octanol–water partition coefficient (Wildman–Crippen LogP) is 3.90. The number of likely N-dealkylation sites (tertiary alicyclic amines) is 1. The molecule has 0 spiro atoms. The van der Waals surface area contributed by atoms with Gasteiger partial charge in [-0.25, -0.2) is 0 Å². The molecule has 4 nitrogen and oxygen atoms in total. The summed E-state index contributed by atoms with van der Waals surface area (Å²) in [5.74, 6) is 1.67. The molecule has 138 valence electrons. The zero-order valence-electron chi connectivity index (χ0n) is 15.7. The molecule has 3 rings (SSSR count). The fourth-order valence-electron chi connectivity index (χ4n) is 3.48. The highest BCUT2D eigenvalue weighted by molar-refractivity contribution is 5.92. The number of nitrogens with zero attached hydrogens (tertiary/aromatic N) is 1. The van der Waals surface area contributed by atoms with Crippen LogP contribution in [0.3, 0.4) is 0 Å². The Bertz CT molecular complexity index is 702. The fourth-order valence-corrected chi connectivity index (χ4v) is 3.48. The van der Waals surface area contributed by atoms with E-state index in [0.717, 1.165) is 43.8 Å². The van der Waals surface area contributed by atoms with Crippen LogP contribution in [-0.2, 0) is 11.2 Å². The lowest BCUT2D eigenvalue weighted by molar-refractivity contribution is -0.117. The molecule has 0 saturated carbocycles. The third-order valence-electron chi connectivity index (χ3n) is 5.09. The van der Waals surface area contributed by atoms with Gasteiger partial charge in [0, 0.05) is 5.69 Å². The van der Waals surface area contributed by atoms with E-state index in [1.165, 1.54) is 11.1 Å². The Balaban J connectivity index is 1.41. The van der Waals surface area contributed by atoms with Crippen molar-refractivity contribution in [2.24, 2.45) is 5.92 Å². The molecule has 0 unspecified atom stereocenters. The van der Waals surface area contributed by atoms with Crippen LogP contribution in [0.5, 0.6) is 5.75 Å². The average molecular weight is 352 g/mol. The molecule has 1 aliphatic heterocycles. The van der Waals surface area contributed by atoms with Gasteiger partial charge in [-0.3, -0.25) is 9.69 Å². The van der Waals surface area contributed by atoms with E-state index in [-0.39, 0.29) is 5.91 Å². The van der Waals surface area contributed by atoms with Crippen molar-refractivity contribution in [2.75, 3.05) is 32.1 Å². The number of rotatable bonds is 6. The second kappa shape index (κ2) is 8.86. The van der Waals surface area contributed by atoms with Crippen molar-refractivity contribution in [3.8, 4) is 5.75 Å². The number of aryl methyl sites for hydroxylation is 1. The molecule has 1 fully saturated rings. The van der Waals surface area contributed by atoms with Crippen molar-refractivity contribution in [2.45, 2.75) is 26.2 Å². The van der Waals surface area contributed by atoms with E-state index < -0.39 is 0 Å². The van der Waals surface area contributed by atoms with Crippen molar-refractivity contribution in [1.29, 1.82) is 0 Å². The first-order chi connectivity index (χ1) is 12.6. The molecule has 1 aliphatic rings. The first-order valence-electron chi connectivity index (χ1n) is 9.34. The maximum Gasteiger partial charge on any atom is 0.238 e. The minimum Gasteiger partial charge on any atom is -0.497 e. The van der Waals surface area contributed by atoms with E-state index in [2.05, 4.69) is 22.3 Å². The molecule has 1 amide bonds. The number of hydrogen-bond donors (Lipinski definition) is 1. The van der Waals surface area contributed by atoms with Gasteiger partial charge in [0.1, 0.15) is 5.75 Å². The number of carbonyl (C=O) groups is 1. The van der Waals surface area contributed by atoms with E-state index in [1.54, 1.807) is 7.11 Å². The van der Waals surface area contributed by atoms with Crippen LogP contribution in [0.25, 0.3) is 0 Å². The summed E-state index contributed by atoms with van der Waals surface area (Å²) in [4.78, 5) is 14.5. The number of piperidine rings is 1. The smallest absolute Gasteiger partial charge is 0.238 e. The number of methoxy groups -OCH3 is 1. The number of hydrogen-bond acceptors (Lipinski definition) is 3. The molecule has 1 N–H and O–H groups in total. The van der Waals surface area contributed by atoms with E-state index in [1.807, 2.05) is 43.3 Å². The number of ether oxygens (including phenoxy) is 1. The Morgan fingerprint density at radius 3 is 2.35 bits per heavy atom. The van der Waals surface area contributed by atoms with Crippen LogP contribution in [0, 0.1) is 12.8 Å². The number of carbonyl (C=O) groups excluding carboxylic acids is 1. The van der Waals surface area contributed by atoms with Crippen molar-refractivity contribution < 1.29 is 9.53 Å². The third kappa shape index (κ3) is 5.33. The quantitative estimate of drug-likeness (QED) is 0.857. The van der Waals surface area contributed by atoms with Crippen LogP contribution < -0.4 is 10.1 Å².